The van der Waals surface area contributed by atoms with E-state index < -0.39 is 12.0 Å². The van der Waals surface area contributed by atoms with E-state index in [0.29, 0.717) is 35.4 Å². The molecule has 3 heterocycles. The van der Waals surface area contributed by atoms with Crippen LogP contribution in [0.2, 0.25) is 0 Å². The van der Waals surface area contributed by atoms with E-state index in [9.17, 15) is 4.79 Å². The van der Waals surface area contributed by atoms with Crippen LogP contribution in [-0.4, -0.2) is 33.2 Å². The second-order valence-corrected chi connectivity index (χ2v) is 7.99. The van der Waals surface area contributed by atoms with Crippen LogP contribution in [-0.2, 0) is 11.4 Å². The molecule has 2 aromatic carbocycles. The fourth-order valence-corrected chi connectivity index (χ4v) is 4.07. The van der Waals surface area contributed by atoms with E-state index in [-0.39, 0.29) is 5.91 Å². The molecule has 5 rings (SSSR count). The molecule has 1 aliphatic rings. The number of aromatic amines is 1. The number of hydrogen-bond acceptors (Lipinski definition) is 7. The molecule has 0 radical (unpaired) electrons. The maximum absolute atomic E-state index is 13.4. The van der Waals surface area contributed by atoms with Crippen LogP contribution in [0.3, 0.4) is 0 Å². The number of pyridine rings is 1. The van der Waals surface area contributed by atoms with Gasteiger partial charge in [-0.05, 0) is 39.8 Å². The molecule has 2 unspecified atom stereocenters. The molecule has 0 spiro atoms. The van der Waals surface area contributed by atoms with Crippen LogP contribution >= 0.6 is 0 Å². The van der Waals surface area contributed by atoms with Crippen molar-refractivity contribution in [3.63, 3.8) is 0 Å². The minimum absolute atomic E-state index is 0.253. The van der Waals surface area contributed by atoms with Gasteiger partial charge in [0.25, 0.3) is 0 Å². The predicted octanol–water partition coefficient (Wildman–Crippen LogP) is 2.86. The van der Waals surface area contributed by atoms with Gasteiger partial charge in [-0.1, -0.05) is 48.1 Å². The molecule has 0 saturated heterocycles. The summed E-state index contributed by atoms with van der Waals surface area (Å²) in [4.78, 5) is 16.4. The number of anilines is 2. The Morgan fingerprint density at radius 3 is 2.80 bits per heavy atom. The van der Waals surface area contributed by atoms with Crippen molar-refractivity contribution in [3.8, 4) is 11.5 Å². The summed E-state index contributed by atoms with van der Waals surface area (Å²) in [5, 5.41) is 17.9. The van der Waals surface area contributed by atoms with Crippen molar-refractivity contribution in [2.75, 3.05) is 17.7 Å². The van der Waals surface area contributed by atoms with Gasteiger partial charge in [-0.15, -0.1) is 0 Å². The number of aromatic nitrogens is 5. The molecule has 2 atom stereocenters. The minimum Gasteiger partial charge on any atom is -0.493 e. The average Bonchev–Trinajstić information content (AvgIpc) is 3.35. The molecule has 3 N–H and O–H groups in total. The first-order valence-corrected chi connectivity index (χ1v) is 11.0. The number of hydrogen-bond donors (Lipinski definition) is 2. The number of ether oxygens (including phenoxy) is 2. The zero-order valence-corrected chi connectivity index (χ0v) is 19.0. The Kier molecular flexibility index (Phi) is 6.08. The molecular weight excluding hydrogens is 446 g/mol. The van der Waals surface area contributed by atoms with Crippen LogP contribution in [0, 0.1) is 5.92 Å². The molecule has 0 saturated carbocycles. The monoisotopic (exact) mass is 470 g/mol. The summed E-state index contributed by atoms with van der Waals surface area (Å²) < 4.78 is 13.2. The number of benzene rings is 2. The molecule has 10 nitrogen and oxygen atoms in total. The highest BCUT2D eigenvalue weighted by Gasteiger charge is 2.40. The number of nitrogens with one attached hydrogen (secondary N) is 3. The number of nitrogens with zero attached hydrogens (tertiary/aromatic N) is 4. The van der Waals surface area contributed by atoms with E-state index >= 15 is 0 Å². The average molecular weight is 471 g/mol. The van der Waals surface area contributed by atoms with Gasteiger partial charge in [0, 0.05) is 11.8 Å². The third-order valence-electron chi connectivity index (χ3n) is 5.74. The van der Waals surface area contributed by atoms with Crippen LogP contribution < -0.4 is 25.1 Å². The van der Waals surface area contributed by atoms with E-state index in [1.54, 1.807) is 36.3 Å². The Balaban J connectivity index is 1.47. The molecule has 176 valence electrons. The first kappa shape index (κ1) is 22.1. The summed E-state index contributed by atoms with van der Waals surface area (Å²) >= 11 is 0. The van der Waals surface area contributed by atoms with Crippen molar-refractivity contribution in [1.29, 1.82) is 0 Å². The highest BCUT2D eigenvalue weighted by atomic mass is 16.5. The molecule has 0 bridgehead atoms. The van der Waals surface area contributed by atoms with Crippen molar-refractivity contribution >= 4 is 17.5 Å². The largest absolute Gasteiger partial charge is 0.493 e. The Bertz CT molecular complexity index is 1340. The number of fused-ring (bicyclic) bond motifs is 1. The topological polar surface area (TPSA) is 117 Å². The maximum Gasteiger partial charge on any atom is 0.247 e. The highest BCUT2D eigenvalue weighted by Crippen LogP contribution is 2.40. The highest BCUT2D eigenvalue weighted by molar-refractivity contribution is 5.95. The summed E-state index contributed by atoms with van der Waals surface area (Å²) in [6.07, 6.45) is 3.47. The van der Waals surface area contributed by atoms with Crippen LogP contribution in [0.15, 0.2) is 85.3 Å². The Hall–Kier alpha value is -4.73. The van der Waals surface area contributed by atoms with Crippen molar-refractivity contribution < 1.29 is 19.3 Å². The zero-order valence-electron chi connectivity index (χ0n) is 19.0. The van der Waals surface area contributed by atoms with Crippen LogP contribution in [0.1, 0.15) is 17.2 Å². The van der Waals surface area contributed by atoms with Crippen molar-refractivity contribution in [3.05, 3.63) is 96.5 Å². The van der Waals surface area contributed by atoms with E-state index in [0.717, 1.165) is 11.1 Å². The molecule has 2 aromatic heterocycles. The summed E-state index contributed by atoms with van der Waals surface area (Å²) in [7, 11) is 1.58. The number of carbonyl (C=O) groups excluding carboxylic acids is 1. The number of rotatable bonds is 7. The van der Waals surface area contributed by atoms with Gasteiger partial charge < -0.3 is 20.1 Å². The first-order valence-electron chi connectivity index (χ1n) is 11.0. The standard InChI is InChI=1S/C25H23N7O3/c1-16-22(24(33)28-19-9-6-12-26-14-19)23(32-25(27-16)29-30-31-32)18-10-11-20(21(13-18)34-2)35-15-17-7-4-3-5-8-17/h3-14,22-23H,1,15H2,2H3,(H,28,33)(H,27,29,31)/p+1. The van der Waals surface area contributed by atoms with E-state index in [1.165, 1.54) is 0 Å². The first-order chi connectivity index (χ1) is 17.1. The maximum atomic E-state index is 13.4. The lowest BCUT2D eigenvalue weighted by Gasteiger charge is -2.33. The molecule has 4 aromatic rings. The molecule has 1 amide bonds. The molecule has 1 aliphatic heterocycles. The molecule has 35 heavy (non-hydrogen) atoms. The Morgan fingerprint density at radius 2 is 2.03 bits per heavy atom. The van der Waals surface area contributed by atoms with Gasteiger partial charge in [-0.2, -0.15) is 0 Å². The van der Waals surface area contributed by atoms with Gasteiger partial charge in [0.2, 0.25) is 11.9 Å². The third kappa shape index (κ3) is 4.54. The van der Waals surface area contributed by atoms with E-state index in [1.807, 2.05) is 48.5 Å². The van der Waals surface area contributed by atoms with Crippen LogP contribution in [0.4, 0.5) is 11.6 Å². The number of tetrazole rings is 1. The second-order valence-electron chi connectivity index (χ2n) is 7.99. The molecular formula is C25H24N7O3+. The second kappa shape index (κ2) is 9.64. The van der Waals surface area contributed by atoms with Gasteiger partial charge in [-0.3, -0.25) is 4.79 Å². The summed E-state index contributed by atoms with van der Waals surface area (Å²) in [5.41, 5.74) is 2.93. The number of carbonyl (C=O) groups is 1. The summed E-state index contributed by atoms with van der Waals surface area (Å²) in [6, 6.07) is 18.5. The number of methoxy groups -OCH3 is 1. The Labute approximate surface area is 201 Å². The van der Waals surface area contributed by atoms with Crippen molar-refractivity contribution in [1.82, 2.24) is 20.2 Å². The molecule has 0 fully saturated rings. The Morgan fingerprint density at radius 1 is 1.17 bits per heavy atom. The quantitative estimate of drug-likeness (QED) is 0.426. The van der Waals surface area contributed by atoms with Crippen molar-refractivity contribution in [2.45, 2.75) is 12.6 Å². The lowest BCUT2D eigenvalue weighted by Crippen LogP contribution is -2.39. The lowest BCUT2D eigenvalue weighted by atomic mass is 9.88. The van der Waals surface area contributed by atoms with Gasteiger partial charge in [0.05, 0.1) is 13.2 Å². The number of H-pyrrole nitrogens is 1. The van der Waals surface area contributed by atoms with E-state index in [2.05, 4.69) is 37.7 Å². The molecule has 10 heteroatoms. The fraction of sp³-hybridized carbons (Fsp3) is 0.160. The van der Waals surface area contributed by atoms with Crippen molar-refractivity contribution in [2.24, 2.45) is 5.92 Å². The van der Waals surface area contributed by atoms with Crippen LogP contribution in [0.5, 0.6) is 11.5 Å². The third-order valence-corrected chi connectivity index (χ3v) is 5.74. The van der Waals surface area contributed by atoms with Gasteiger partial charge in [0.15, 0.2) is 23.9 Å². The van der Waals surface area contributed by atoms with Gasteiger partial charge in [0.1, 0.15) is 18.2 Å². The predicted molar refractivity (Wildman–Crippen MR) is 128 cm³/mol. The summed E-state index contributed by atoms with van der Waals surface area (Å²) in [6.45, 7) is 4.49. The minimum atomic E-state index is -0.702. The van der Waals surface area contributed by atoms with Gasteiger partial charge in [-0.25, -0.2) is 9.67 Å². The summed E-state index contributed by atoms with van der Waals surface area (Å²) in [5.74, 6) is 0.573. The fourth-order valence-electron chi connectivity index (χ4n) is 4.07. The SMILES string of the molecule is C=C1Nc2nnnn2C(c2ccc(OCc3ccccc3)c(OC)c2)C1C(=O)Nc1ccc[nH+]c1. The van der Waals surface area contributed by atoms with Crippen LogP contribution in [0.25, 0.3) is 0 Å². The van der Waals surface area contributed by atoms with Gasteiger partial charge >= 0.3 is 0 Å². The number of amides is 1. The van der Waals surface area contributed by atoms with E-state index in [4.69, 9.17) is 9.47 Å². The lowest BCUT2D eigenvalue weighted by molar-refractivity contribution is -0.377. The molecule has 0 aliphatic carbocycles. The normalized spacial score (nSPS) is 16.7. The smallest absolute Gasteiger partial charge is 0.247 e. The zero-order chi connectivity index (χ0) is 24.2.